The quantitative estimate of drug-likeness (QED) is 0.828. The minimum Gasteiger partial charge on any atom is -0.497 e. The number of thioether (sulfide) groups is 1. The van der Waals surface area contributed by atoms with Crippen LogP contribution in [0.3, 0.4) is 0 Å². The minimum absolute atomic E-state index is 0.542. The summed E-state index contributed by atoms with van der Waals surface area (Å²) in [5.41, 5.74) is 1.24. The normalized spacial score (nSPS) is 12.5. The molecule has 1 unspecified atom stereocenters. The third-order valence-corrected chi connectivity index (χ3v) is 4.07. The maximum absolute atomic E-state index is 5.23. The molecule has 0 saturated carbocycles. The van der Waals surface area contributed by atoms with Gasteiger partial charge in [0, 0.05) is 17.1 Å². The highest BCUT2D eigenvalue weighted by atomic mass is 79.9. The second kappa shape index (κ2) is 8.01. The van der Waals surface area contributed by atoms with Gasteiger partial charge in [-0.1, -0.05) is 15.9 Å². The SMILES string of the molecule is COc1ccc(Br)c(CNC(C)CCSC)c1. The van der Waals surface area contributed by atoms with Crippen LogP contribution in [-0.4, -0.2) is 25.2 Å². The van der Waals surface area contributed by atoms with E-state index in [9.17, 15) is 0 Å². The standard InChI is InChI=1S/C13H20BrNOS/c1-10(6-7-17-3)15-9-11-8-12(16-2)4-5-13(11)14/h4-5,8,10,15H,6-7,9H2,1-3H3. The van der Waals surface area contributed by atoms with Crippen LogP contribution in [0.2, 0.25) is 0 Å². The molecule has 1 aromatic carbocycles. The lowest BCUT2D eigenvalue weighted by molar-refractivity contribution is 0.413. The molecule has 0 amide bonds. The average Bonchev–Trinajstić information content (AvgIpc) is 2.35. The maximum Gasteiger partial charge on any atom is 0.119 e. The van der Waals surface area contributed by atoms with Crippen LogP contribution < -0.4 is 10.1 Å². The second-order valence-electron chi connectivity index (χ2n) is 4.02. The number of rotatable bonds is 7. The Kier molecular flexibility index (Phi) is 7.00. The van der Waals surface area contributed by atoms with Crippen molar-refractivity contribution in [2.45, 2.75) is 25.9 Å². The number of halogens is 1. The van der Waals surface area contributed by atoms with Crippen LogP contribution in [0.25, 0.3) is 0 Å². The van der Waals surface area contributed by atoms with Crippen molar-refractivity contribution in [3.8, 4) is 5.75 Å². The predicted molar refractivity (Wildman–Crippen MR) is 80.0 cm³/mol. The van der Waals surface area contributed by atoms with E-state index in [-0.39, 0.29) is 0 Å². The van der Waals surface area contributed by atoms with Crippen LogP contribution in [0, 0.1) is 0 Å². The first-order valence-corrected chi connectivity index (χ1v) is 7.90. The molecule has 0 aliphatic heterocycles. The molecule has 4 heteroatoms. The van der Waals surface area contributed by atoms with Gasteiger partial charge >= 0.3 is 0 Å². The molecule has 0 bridgehead atoms. The molecular weight excluding hydrogens is 298 g/mol. The van der Waals surface area contributed by atoms with E-state index in [0.717, 1.165) is 16.8 Å². The fourth-order valence-corrected chi connectivity index (χ4v) is 2.47. The van der Waals surface area contributed by atoms with Crippen LogP contribution >= 0.6 is 27.7 Å². The Bertz CT molecular complexity index is 346. The summed E-state index contributed by atoms with van der Waals surface area (Å²) >= 11 is 5.45. The number of nitrogens with one attached hydrogen (secondary N) is 1. The topological polar surface area (TPSA) is 21.3 Å². The van der Waals surface area contributed by atoms with E-state index < -0.39 is 0 Å². The number of benzene rings is 1. The first-order valence-electron chi connectivity index (χ1n) is 5.72. The van der Waals surface area contributed by atoms with E-state index in [2.05, 4.69) is 40.5 Å². The first kappa shape index (κ1) is 14.9. The van der Waals surface area contributed by atoms with Gasteiger partial charge in [-0.05, 0) is 49.1 Å². The van der Waals surface area contributed by atoms with Gasteiger partial charge in [0.1, 0.15) is 5.75 Å². The Hall–Kier alpha value is -0.190. The third kappa shape index (κ3) is 5.32. The van der Waals surface area contributed by atoms with Gasteiger partial charge in [0.05, 0.1) is 7.11 Å². The van der Waals surface area contributed by atoms with Crippen LogP contribution in [0.15, 0.2) is 22.7 Å². The zero-order chi connectivity index (χ0) is 12.7. The molecule has 1 atom stereocenters. The average molecular weight is 318 g/mol. The fourth-order valence-electron chi connectivity index (χ4n) is 1.49. The molecule has 1 rings (SSSR count). The molecule has 1 N–H and O–H groups in total. The van der Waals surface area contributed by atoms with Gasteiger partial charge in [-0.15, -0.1) is 0 Å². The Balaban J connectivity index is 2.50. The van der Waals surface area contributed by atoms with E-state index in [4.69, 9.17) is 4.74 Å². The highest BCUT2D eigenvalue weighted by Gasteiger charge is 2.05. The molecule has 17 heavy (non-hydrogen) atoms. The molecule has 1 aromatic rings. The molecule has 2 nitrogen and oxygen atoms in total. The monoisotopic (exact) mass is 317 g/mol. The predicted octanol–water partition coefficient (Wildman–Crippen LogP) is 3.69. The van der Waals surface area contributed by atoms with E-state index >= 15 is 0 Å². The summed E-state index contributed by atoms with van der Waals surface area (Å²) in [6.45, 7) is 3.09. The van der Waals surface area contributed by atoms with Crippen molar-refractivity contribution in [3.05, 3.63) is 28.2 Å². The summed E-state index contributed by atoms with van der Waals surface area (Å²) < 4.78 is 6.36. The Morgan fingerprint density at radius 2 is 2.24 bits per heavy atom. The van der Waals surface area contributed by atoms with E-state index in [1.807, 2.05) is 23.9 Å². The van der Waals surface area contributed by atoms with E-state index in [1.165, 1.54) is 17.7 Å². The summed E-state index contributed by atoms with van der Waals surface area (Å²) in [6, 6.07) is 6.60. The Morgan fingerprint density at radius 3 is 2.88 bits per heavy atom. The van der Waals surface area contributed by atoms with E-state index in [1.54, 1.807) is 7.11 Å². The zero-order valence-corrected chi connectivity index (χ0v) is 13.0. The molecule has 96 valence electrons. The molecule has 0 aliphatic carbocycles. The third-order valence-electron chi connectivity index (χ3n) is 2.65. The molecule has 0 aromatic heterocycles. The zero-order valence-electron chi connectivity index (χ0n) is 10.6. The summed E-state index contributed by atoms with van der Waals surface area (Å²) in [7, 11) is 1.70. The lowest BCUT2D eigenvalue weighted by Crippen LogP contribution is -2.26. The summed E-state index contributed by atoms with van der Waals surface area (Å²) in [5.74, 6) is 2.11. The largest absolute Gasteiger partial charge is 0.497 e. The van der Waals surface area contributed by atoms with Gasteiger partial charge in [0.2, 0.25) is 0 Å². The molecule has 0 saturated heterocycles. The number of hydrogen-bond acceptors (Lipinski definition) is 3. The van der Waals surface area contributed by atoms with Crippen molar-refractivity contribution in [3.63, 3.8) is 0 Å². The van der Waals surface area contributed by atoms with Crippen molar-refractivity contribution in [1.82, 2.24) is 5.32 Å². The molecule has 0 aliphatic rings. The van der Waals surface area contributed by atoms with Crippen molar-refractivity contribution in [1.29, 1.82) is 0 Å². The van der Waals surface area contributed by atoms with Crippen LogP contribution in [0.4, 0.5) is 0 Å². The molecule has 0 heterocycles. The lowest BCUT2D eigenvalue weighted by atomic mass is 10.2. The summed E-state index contributed by atoms with van der Waals surface area (Å²) in [5, 5.41) is 3.53. The molecule has 0 fully saturated rings. The van der Waals surface area contributed by atoms with Gasteiger partial charge in [-0.2, -0.15) is 11.8 Å². The summed E-state index contributed by atoms with van der Waals surface area (Å²) in [6.07, 6.45) is 3.34. The van der Waals surface area contributed by atoms with Crippen molar-refractivity contribution in [2.24, 2.45) is 0 Å². The summed E-state index contributed by atoms with van der Waals surface area (Å²) in [4.78, 5) is 0. The maximum atomic E-state index is 5.23. The van der Waals surface area contributed by atoms with Crippen molar-refractivity contribution < 1.29 is 4.74 Å². The smallest absolute Gasteiger partial charge is 0.119 e. The van der Waals surface area contributed by atoms with Crippen molar-refractivity contribution in [2.75, 3.05) is 19.1 Å². The highest BCUT2D eigenvalue weighted by molar-refractivity contribution is 9.10. The Labute approximate surface area is 117 Å². The van der Waals surface area contributed by atoms with Gasteiger partial charge in [-0.25, -0.2) is 0 Å². The lowest BCUT2D eigenvalue weighted by Gasteiger charge is -2.14. The second-order valence-corrected chi connectivity index (χ2v) is 5.86. The van der Waals surface area contributed by atoms with Crippen LogP contribution in [0.1, 0.15) is 18.9 Å². The minimum atomic E-state index is 0.542. The van der Waals surface area contributed by atoms with Crippen molar-refractivity contribution >= 4 is 27.7 Å². The molecule has 0 radical (unpaired) electrons. The van der Waals surface area contributed by atoms with Crippen LogP contribution in [0.5, 0.6) is 5.75 Å². The highest BCUT2D eigenvalue weighted by Crippen LogP contribution is 2.22. The number of hydrogen-bond donors (Lipinski definition) is 1. The van der Waals surface area contributed by atoms with Gasteiger partial charge in [0.25, 0.3) is 0 Å². The van der Waals surface area contributed by atoms with Gasteiger partial charge in [0.15, 0.2) is 0 Å². The molecule has 0 spiro atoms. The number of ether oxygens (including phenoxy) is 1. The van der Waals surface area contributed by atoms with Crippen LogP contribution in [-0.2, 0) is 6.54 Å². The van der Waals surface area contributed by atoms with Gasteiger partial charge in [-0.3, -0.25) is 0 Å². The first-order chi connectivity index (χ1) is 8.17. The van der Waals surface area contributed by atoms with Gasteiger partial charge < -0.3 is 10.1 Å². The Morgan fingerprint density at radius 1 is 1.47 bits per heavy atom. The van der Waals surface area contributed by atoms with E-state index in [0.29, 0.717) is 6.04 Å². The fraction of sp³-hybridized carbons (Fsp3) is 0.538. The number of methoxy groups -OCH3 is 1. The molecular formula is C13H20BrNOS.